The number of carbonyl (C=O) groups is 7. The normalized spacial score (nSPS) is 19.2. The highest BCUT2D eigenvalue weighted by Gasteiger charge is 2.45. The molecule has 0 aromatic carbocycles. The summed E-state index contributed by atoms with van der Waals surface area (Å²) in [5.74, 6) is -8.01. The minimum Gasteiger partial charge on any atom is -0.461 e. The number of H-pyrrole nitrogens is 1. The Labute approximate surface area is 347 Å². The monoisotopic (exact) mass is 877 g/mol. The number of hydrogen-bond donors (Lipinski definition) is 10. The van der Waals surface area contributed by atoms with E-state index in [2.05, 4.69) is 16.0 Å². The number of nitrogens with zero attached hydrogens (tertiary/aromatic N) is 4. The van der Waals surface area contributed by atoms with E-state index in [4.69, 9.17) is 15.2 Å². The Morgan fingerprint density at radius 3 is 1.74 bits per heavy atom. The number of halogens is 1. The standard InChI is InChI=1S/C35H56FN9O16/c1-17(2)26(34(55)60-16-25-27(49)28(50)33(61-25)42-15-21(36)29(51)41-35(42)56)40-32(54)24(11-8-14-45(59)20(5)48)39-31(53)23(10-7-13-44(58)19(4)47)38-30(52)22(37)9-6-12-43(57)18(3)46/h15,17,22-28,33,49-50,57-59H,6-14,16,37H2,1-5H3,(H,38,52)(H,39,53)(H,40,54)(H,41,51,56)/t22-,23-,24-,25+,26-,27+,28+,33+/m0/s1. The second kappa shape index (κ2) is 24.2. The summed E-state index contributed by atoms with van der Waals surface area (Å²) >= 11 is 0. The van der Waals surface area contributed by atoms with Gasteiger partial charge in [0.05, 0.1) is 12.2 Å². The number of hydrogen-bond acceptors (Lipinski definition) is 17. The van der Waals surface area contributed by atoms with E-state index in [0.717, 1.165) is 20.8 Å². The first-order valence-electron chi connectivity index (χ1n) is 19.2. The van der Waals surface area contributed by atoms with Gasteiger partial charge in [0.15, 0.2) is 6.23 Å². The molecule has 1 fully saturated rings. The van der Waals surface area contributed by atoms with Crippen molar-refractivity contribution >= 4 is 41.4 Å². The molecule has 26 heteroatoms. The molecule has 1 aliphatic heterocycles. The first-order chi connectivity index (χ1) is 28.5. The third-order valence-corrected chi connectivity index (χ3v) is 9.45. The first-order valence-corrected chi connectivity index (χ1v) is 19.2. The van der Waals surface area contributed by atoms with Crippen LogP contribution in [-0.2, 0) is 43.0 Å². The second-order valence-corrected chi connectivity index (χ2v) is 14.6. The van der Waals surface area contributed by atoms with Crippen molar-refractivity contribution in [3.63, 3.8) is 0 Å². The van der Waals surface area contributed by atoms with Gasteiger partial charge in [-0.1, -0.05) is 13.8 Å². The SMILES string of the molecule is CC(=O)N(O)CCC[C@H](NC(=O)[C@H](CCCN(O)C(C)=O)NC(=O)[C@@H](N)CCCN(O)C(C)=O)C(=O)N[C@H](C(=O)OC[C@H]1O[C@@H](n2cc(F)c(=O)[nH]c2=O)[C@H](O)[C@@H]1O)C(C)C. The van der Waals surface area contributed by atoms with Gasteiger partial charge in [-0.15, -0.1) is 0 Å². The number of aliphatic hydroxyl groups is 2. The van der Waals surface area contributed by atoms with Crippen molar-refractivity contribution in [1.29, 1.82) is 0 Å². The van der Waals surface area contributed by atoms with Gasteiger partial charge in [0.1, 0.15) is 43.0 Å². The van der Waals surface area contributed by atoms with Crippen LogP contribution in [-0.4, -0.2) is 161 Å². The molecule has 25 nitrogen and oxygen atoms in total. The van der Waals surface area contributed by atoms with Crippen LogP contribution in [0.1, 0.15) is 79.4 Å². The highest BCUT2D eigenvalue weighted by molar-refractivity contribution is 5.94. The predicted octanol–water partition coefficient (Wildman–Crippen LogP) is -3.67. The second-order valence-electron chi connectivity index (χ2n) is 14.6. The number of ether oxygens (including phenoxy) is 2. The van der Waals surface area contributed by atoms with Crippen LogP contribution in [0.2, 0.25) is 0 Å². The van der Waals surface area contributed by atoms with Crippen molar-refractivity contribution in [2.45, 2.75) is 122 Å². The maximum Gasteiger partial charge on any atom is 0.330 e. The van der Waals surface area contributed by atoms with Crippen LogP contribution in [0.25, 0.3) is 0 Å². The van der Waals surface area contributed by atoms with E-state index in [1.807, 2.05) is 0 Å². The molecule has 1 aromatic heterocycles. The summed E-state index contributed by atoms with van der Waals surface area (Å²) in [5.41, 5.74) is 3.49. The van der Waals surface area contributed by atoms with Gasteiger partial charge in [0.25, 0.3) is 5.56 Å². The fourth-order valence-corrected chi connectivity index (χ4v) is 5.80. The Morgan fingerprint density at radius 1 is 0.803 bits per heavy atom. The average Bonchev–Trinajstić information content (AvgIpc) is 3.47. The van der Waals surface area contributed by atoms with Gasteiger partial charge in [-0.05, 0) is 44.4 Å². The molecule has 8 atom stereocenters. The Balaban J connectivity index is 2.26. The van der Waals surface area contributed by atoms with E-state index in [1.165, 1.54) is 13.8 Å². The topological polar surface area (TPSA) is 366 Å². The minimum atomic E-state index is -1.85. The van der Waals surface area contributed by atoms with Crippen molar-refractivity contribution in [2.24, 2.45) is 11.7 Å². The number of carbonyl (C=O) groups excluding carboxylic acids is 7. The molecule has 1 saturated heterocycles. The average molecular weight is 878 g/mol. The molecule has 2 heterocycles. The van der Waals surface area contributed by atoms with Gasteiger partial charge >= 0.3 is 11.7 Å². The summed E-state index contributed by atoms with van der Waals surface area (Å²) in [5, 5.41) is 58.9. The number of nitrogens with two attached hydrogens (primary N) is 1. The van der Waals surface area contributed by atoms with Crippen LogP contribution >= 0.6 is 0 Å². The number of aromatic amines is 1. The highest BCUT2D eigenvalue weighted by Crippen LogP contribution is 2.28. The molecule has 0 aliphatic carbocycles. The number of nitrogens with one attached hydrogen (secondary N) is 4. The zero-order valence-corrected chi connectivity index (χ0v) is 34.3. The minimum absolute atomic E-state index is 0.0348. The summed E-state index contributed by atoms with van der Waals surface area (Å²) in [6.07, 6.45) is -6.89. The zero-order chi connectivity index (χ0) is 46.3. The number of amides is 6. The van der Waals surface area contributed by atoms with Crippen LogP contribution < -0.4 is 32.9 Å². The third kappa shape index (κ3) is 15.9. The molecule has 2 rings (SSSR count). The molecule has 0 bridgehead atoms. The fourth-order valence-electron chi connectivity index (χ4n) is 5.80. The molecular weight excluding hydrogens is 821 g/mol. The van der Waals surface area contributed by atoms with Crippen molar-refractivity contribution < 1.29 is 73.3 Å². The maximum absolute atomic E-state index is 13.9. The van der Waals surface area contributed by atoms with Crippen molar-refractivity contribution in [3.8, 4) is 0 Å². The largest absolute Gasteiger partial charge is 0.461 e. The van der Waals surface area contributed by atoms with Crippen LogP contribution in [0.4, 0.5) is 4.39 Å². The highest BCUT2D eigenvalue weighted by atomic mass is 19.1. The summed E-state index contributed by atoms with van der Waals surface area (Å²) in [4.78, 5) is 114. The fraction of sp³-hybridized carbons (Fsp3) is 0.686. The van der Waals surface area contributed by atoms with E-state index in [9.17, 15) is 73.4 Å². The lowest BCUT2D eigenvalue weighted by Crippen LogP contribution is -2.58. The number of rotatable bonds is 23. The lowest BCUT2D eigenvalue weighted by Gasteiger charge is -2.27. The number of aromatic nitrogens is 2. The molecule has 1 aromatic rings. The lowest BCUT2D eigenvalue weighted by atomic mass is 10.0. The first kappa shape index (κ1) is 51.8. The predicted molar refractivity (Wildman–Crippen MR) is 202 cm³/mol. The molecule has 6 amide bonds. The van der Waals surface area contributed by atoms with Gasteiger partial charge in [0, 0.05) is 40.4 Å². The van der Waals surface area contributed by atoms with Crippen molar-refractivity contribution in [2.75, 3.05) is 26.2 Å². The van der Waals surface area contributed by atoms with Crippen LogP contribution in [0.3, 0.4) is 0 Å². The molecular formula is C35H56FN9O16. The van der Waals surface area contributed by atoms with Crippen LogP contribution in [0.15, 0.2) is 15.8 Å². The Bertz CT molecular complexity index is 1830. The molecule has 0 spiro atoms. The van der Waals surface area contributed by atoms with Gasteiger partial charge in [-0.3, -0.25) is 58.7 Å². The summed E-state index contributed by atoms with van der Waals surface area (Å²) in [6.45, 7) is 4.88. The smallest absolute Gasteiger partial charge is 0.330 e. The summed E-state index contributed by atoms with van der Waals surface area (Å²) in [7, 11) is 0. The van der Waals surface area contributed by atoms with Gasteiger partial charge in [0.2, 0.25) is 41.3 Å². The van der Waals surface area contributed by atoms with Gasteiger partial charge < -0.3 is 41.4 Å². The number of esters is 1. The molecule has 0 saturated carbocycles. The molecule has 11 N–H and O–H groups in total. The molecule has 344 valence electrons. The molecule has 0 radical (unpaired) electrons. The Morgan fingerprint density at radius 2 is 1.26 bits per heavy atom. The van der Waals surface area contributed by atoms with E-state index in [1.54, 1.807) is 4.98 Å². The lowest BCUT2D eigenvalue weighted by molar-refractivity contribution is -0.163. The summed E-state index contributed by atoms with van der Waals surface area (Å²) in [6, 6.07) is -5.61. The van der Waals surface area contributed by atoms with Crippen LogP contribution in [0.5, 0.6) is 0 Å². The number of hydroxylamine groups is 6. The van der Waals surface area contributed by atoms with Crippen molar-refractivity contribution in [3.05, 3.63) is 32.9 Å². The third-order valence-electron chi connectivity index (χ3n) is 9.45. The molecule has 1 aliphatic rings. The Hall–Kier alpha value is -5.38. The van der Waals surface area contributed by atoms with Crippen LogP contribution in [0, 0.1) is 11.7 Å². The number of aliphatic hydroxyl groups excluding tert-OH is 2. The molecule has 0 unspecified atom stereocenters. The van der Waals surface area contributed by atoms with E-state index >= 15 is 0 Å². The molecule has 61 heavy (non-hydrogen) atoms. The van der Waals surface area contributed by atoms with E-state index in [0.29, 0.717) is 26.0 Å². The Kier molecular flexibility index (Phi) is 20.5. The van der Waals surface area contributed by atoms with E-state index in [-0.39, 0.29) is 58.2 Å². The maximum atomic E-state index is 13.9. The van der Waals surface area contributed by atoms with Gasteiger partial charge in [-0.25, -0.2) is 24.8 Å². The van der Waals surface area contributed by atoms with E-state index < -0.39 is 120 Å². The zero-order valence-electron chi connectivity index (χ0n) is 34.3. The van der Waals surface area contributed by atoms with Gasteiger partial charge in [-0.2, -0.15) is 4.39 Å². The summed E-state index contributed by atoms with van der Waals surface area (Å²) < 4.78 is 25.1. The van der Waals surface area contributed by atoms with Crippen molar-refractivity contribution in [1.82, 2.24) is 40.7 Å². The quantitative estimate of drug-likeness (QED) is 0.0288.